The van der Waals surface area contributed by atoms with Crippen LogP contribution in [0.25, 0.3) is 0 Å². The normalized spacial score (nSPS) is 10.8. The molecule has 2 amide bonds. The first-order valence-electron chi connectivity index (χ1n) is 5.73. The van der Waals surface area contributed by atoms with Gasteiger partial charge in [-0.1, -0.05) is 51.1 Å². The number of Topliss-reactive ketones (excluding diaryl/α,β-unsaturated/α-hetero) is 1. The number of hydrogen-bond donors (Lipinski definition) is 1. The van der Waals surface area contributed by atoms with Crippen molar-refractivity contribution in [3.05, 3.63) is 35.9 Å². The first-order chi connectivity index (χ1) is 8.30. The molecular formula is C14H17NO3. The monoisotopic (exact) mass is 247 g/mol. The van der Waals surface area contributed by atoms with Gasteiger partial charge in [0.2, 0.25) is 11.8 Å². The molecular weight excluding hydrogens is 230 g/mol. The molecule has 0 aliphatic carbocycles. The third-order valence-electron chi connectivity index (χ3n) is 2.35. The summed E-state index contributed by atoms with van der Waals surface area (Å²) in [6.07, 6.45) is -0.314. The molecule has 0 fully saturated rings. The molecule has 1 N–H and O–H groups in total. The fourth-order valence-corrected chi connectivity index (χ4v) is 1.23. The van der Waals surface area contributed by atoms with E-state index in [0.717, 1.165) is 0 Å². The largest absolute Gasteiger partial charge is 0.296 e. The van der Waals surface area contributed by atoms with E-state index in [-0.39, 0.29) is 18.1 Å². The summed E-state index contributed by atoms with van der Waals surface area (Å²) in [4.78, 5) is 34.8. The highest BCUT2D eigenvalue weighted by molar-refractivity contribution is 6.11. The maximum Gasteiger partial charge on any atom is 0.234 e. The van der Waals surface area contributed by atoms with Crippen molar-refractivity contribution in [3.8, 4) is 0 Å². The second-order valence-electron chi connectivity index (χ2n) is 5.09. The predicted molar refractivity (Wildman–Crippen MR) is 68.0 cm³/mol. The Labute approximate surface area is 106 Å². The molecule has 0 heterocycles. The summed E-state index contributed by atoms with van der Waals surface area (Å²) in [6.45, 7) is 5.11. The van der Waals surface area contributed by atoms with E-state index in [0.29, 0.717) is 5.56 Å². The molecule has 0 aliphatic rings. The van der Waals surface area contributed by atoms with Gasteiger partial charge in [-0.15, -0.1) is 0 Å². The molecule has 0 aliphatic heterocycles. The Hall–Kier alpha value is -1.97. The Balaban J connectivity index is 2.57. The standard InChI is InChI=1S/C14H17NO3/c1-14(2,3)13(18)15-12(17)9-11(16)10-7-5-4-6-8-10/h4-8H,9H2,1-3H3,(H,15,17,18). The highest BCUT2D eigenvalue weighted by Gasteiger charge is 2.24. The van der Waals surface area contributed by atoms with Gasteiger partial charge < -0.3 is 0 Å². The van der Waals surface area contributed by atoms with Crippen LogP contribution in [0.1, 0.15) is 37.6 Å². The average molecular weight is 247 g/mol. The first kappa shape index (κ1) is 14.1. The van der Waals surface area contributed by atoms with Gasteiger partial charge in [-0.2, -0.15) is 0 Å². The second kappa shape index (κ2) is 5.58. The molecule has 0 spiro atoms. The van der Waals surface area contributed by atoms with Crippen LogP contribution in [0.15, 0.2) is 30.3 Å². The summed E-state index contributed by atoms with van der Waals surface area (Å²) in [5.41, 5.74) is -0.179. The number of carbonyl (C=O) groups is 3. The highest BCUT2D eigenvalue weighted by atomic mass is 16.2. The van der Waals surface area contributed by atoms with E-state index in [4.69, 9.17) is 0 Å². The minimum atomic E-state index is -0.647. The number of benzene rings is 1. The van der Waals surface area contributed by atoms with Gasteiger partial charge in [-0.05, 0) is 0 Å². The molecule has 1 aromatic rings. The molecule has 4 heteroatoms. The molecule has 0 bridgehead atoms. The van der Waals surface area contributed by atoms with Crippen LogP contribution in [0.5, 0.6) is 0 Å². The molecule has 1 rings (SSSR count). The van der Waals surface area contributed by atoms with Gasteiger partial charge in [0, 0.05) is 11.0 Å². The summed E-state index contributed by atoms with van der Waals surface area (Å²) in [7, 11) is 0. The number of hydrogen-bond acceptors (Lipinski definition) is 3. The molecule has 4 nitrogen and oxygen atoms in total. The molecule has 0 unspecified atom stereocenters. The Morgan fingerprint density at radius 2 is 1.61 bits per heavy atom. The lowest BCUT2D eigenvalue weighted by Crippen LogP contribution is -2.39. The Kier molecular flexibility index (Phi) is 4.37. The Morgan fingerprint density at radius 3 is 2.11 bits per heavy atom. The fourth-order valence-electron chi connectivity index (χ4n) is 1.23. The smallest absolute Gasteiger partial charge is 0.234 e. The summed E-state index contributed by atoms with van der Waals surface area (Å²) in [6, 6.07) is 8.53. The summed E-state index contributed by atoms with van der Waals surface area (Å²) >= 11 is 0. The zero-order chi connectivity index (χ0) is 13.8. The fraction of sp³-hybridized carbons (Fsp3) is 0.357. The van der Waals surface area contributed by atoms with Gasteiger partial charge in [0.25, 0.3) is 0 Å². The van der Waals surface area contributed by atoms with E-state index in [1.165, 1.54) is 0 Å². The quantitative estimate of drug-likeness (QED) is 0.656. The van der Waals surface area contributed by atoms with Crippen molar-refractivity contribution in [2.75, 3.05) is 0 Å². The van der Waals surface area contributed by atoms with Gasteiger partial charge >= 0.3 is 0 Å². The number of amides is 2. The van der Waals surface area contributed by atoms with E-state index >= 15 is 0 Å². The lowest BCUT2D eigenvalue weighted by Gasteiger charge is -2.16. The lowest BCUT2D eigenvalue weighted by molar-refractivity contribution is -0.134. The maximum atomic E-state index is 11.7. The Bertz CT molecular complexity index is 458. The van der Waals surface area contributed by atoms with Crippen molar-refractivity contribution in [1.29, 1.82) is 0 Å². The van der Waals surface area contributed by atoms with Crippen LogP contribution in [0.4, 0.5) is 0 Å². The minimum absolute atomic E-state index is 0.296. The SMILES string of the molecule is CC(C)(C)C(=O)NC(=O)CC(=O)c1ccccc1. The third kappa shape index (κ3) is 4.13. The zero-order valence-electron chi connectivity index (χ0n) is 10.8. The van der Waals surface area contributed by atoms with Gasteiger partial charge in [0.05, 0.1) is 6.42 Å². The molecule has 0 saturated heterocycles. The van der Waals surface area contributed by atoms with Crippen LogP contribution in [0, 0.1) is 5.41 Å². The van der Waals surface area contributed by atoms with Gasteiger partial charge in [-0.25, -0.2) is 0 Å². The number of nitrogens with one attached hydrogen (secondary N) is 1. The van der Waals surface area contributed by atoms with E-state index in [1.807, 2.05) is 0 Å². The van der Waals surface area contributed by atoms with E-state index in [9.17, 15) is 14.4 Å². The third-order valence-corrected chi connectivity index (χ3v) is 2.35. The highest BCUT2D eigenvalue weighted by Crippen LogP contribution is 2.12. The van der Waals surface area contributed by atoms with Crippen molar-refractivity contribution >= 4 is 17.6 Å². The number of ketones is 1. The molecule has 18 heavy (non-hydrogen) atoms. The minimum Gasteiger partial charge on any atom is -0.296 e. The van der Waals surface area contributed by atoms with Crippen LogP contribution >= 0.6 is 0 Å². The predicted octanol–water partition coefficient (Wildman–Crippen LogP) is 1.95. The Morgan fingerprint density at radius 1 is 1.06 bits per heavy atom. The average Bonchev–Trinajstić information content (AvgIpc) is 2.28. The molecule has 1 aromatic carbocycles. The number of imide groups is 1. The first-order valence-corrected chi connectivity index (χ1v) is 5.73. The van der Waals surface area contributed by atoms with Crippen LogP contribution < -0.4 is 5.32 Å². The summed E-state index contributed by atoms with van der Waals surface area (Å²) < 4.78 is 0. The van der Waals surface area contributed by atoms with Crippen LogP contribution in [0.2, 0.25) is 0 Å². The van der Waals surface area contributed by atoms with Crippen molar-refractivity contribution in [3.63, 3.8) is 0 Å². The molecule has 96 valence electrons. The lowest BCUT2D eigenvalue weighted by atomic mass is 9.95. The van der Waals surface area contributed by atoms with E-state index in [1.54, 1.807) is 51.1 Å². The summed E-state index contributed by atoms with van der Waals surface area (Å²) in [5, 5.41) is 2.22. The molecule has 0 saturated carbocycles. The van der Waals surface area contributed by atoms with Gasteiger partial charge in [0.1, 0.15) is 0 Å². The topological polar surface area (TPSA) is 63.2 Å². The molecule has 0 atom stereocenters. The van der Waals surface area contributed by atoms with Crippen LogP contribution in [0.3, 0.4) is 0 Å². The van der Waals surface area contributed by atoms with Crippen LogP contribution in [-0.2, 0) is 9.59 Å². The summed E-state index contributed by atoms with van der Waals surface area (Å²) in [5.74, 6) is -1.24. The van der Waals surface area contributed by atoms with Crippen molar-refractivity contribution in [1.82, 2.24) is 5.32 Å². The van der Waals surface area contributed by atoms with Crippen molar-refractivity contribution in [2.24, 2.45) is 5.41 Å². The van der Waals surface area contributed by atoms with E-state index in [2.05, 4.69) is 5.32 Å². The van der Waals surface area contributed by atoms with Gasteiger partial charge in [-0.3, -0.25) is 19.7 Å². The van der Waals surface area contributed by atoms with Crippen LogP contribution in [-0.4, -0.2) is 17.6 Å². The number of rotatable bonds is 3. The number of carbonyl (C=O) groups excluding carboxylic acids is 3. The molecule has 0 radical (unpaired) electrons. The van der Waals surface area contributed by atoms with Crippen molar-refractivity contribution < 1.29 is 14.4 Å². The van der Waals surface area contributed by atoms with E-state index < -0.39 is 11.3 Å². The van der Waals surface area contributed by atoms with Crippen molar-refractivity contribution in [2.45, 2.75) is 27.2 Å². The molecule has 0 aromatic heterocycles. The van der Waals surface area contributed by atoms with Gasteiger partial charge in [0.15, 0.2) is 5.78 Å². The zero-order valence-corrected chi connectivity index (χ0v) is 10.8. The second-order valence-corrected chi connectivity index (χ2v) is 5.09. The maximum absolute atomic E-state index is 11.7.